The highest BCUT2D eigenvalue weighted by Crippen LogP contribution is 2.24. The van der Waals surface area contributed by atoms with Gasteiger partial charge in [-0.2, -0.15) is 0 Å². The van der Waals surface area contributed by atoms with E-state index in [2.05, 4.69) is 20.3 Å². The van der Waals surface area contributed by atoms with Gasteiger partial charge in [-0.3, -0.25) is 14.2 Å². The molecule has 1 aromatic heterocycles. The number of amides is 1. The van der Waals surface area contributed by atoms with Crippen LogP contribution in [-0.2, 0) is 19.1 Å². The van der Waals surface area contributed by atoms with E-state index >= 15 is 0 Å². The lowest BCUT2D eigenvalue weighted by atomic mass is 10.2. The molecule has 0 aliphatic rings. The summed E-state index contributed by atoms with van der Waals surface area (Å²) in [6.45, 7) is 3.64. The Bertz CT molecular complexity index is 852. The smallest absolute Gasteiger partial charge is 0.338 e. The zero-order chi connectivity index (χ0) is 20.7. The van der Waals surface area contributed by atoms with Crippen LogP contribution in [0.3, 0.4) is 0 Å². The number of nitrogens with zero attached hydrogens (tertiary/aromatic N) is 3. The van der Waals surface area contributed by atoms with Gasteiger partial charge in [-0.1, -0.05) is 11.8 Å². The second-order valence-corrected chi connectivity index (χ2v) is 6.48. The lowest BCUT2D eigenvalue weighted by molar-refractivity contribution is -0.137. The number of esters is 2. The Kier molecular flexibility index (Phi) is 7.38. The van der Waals surface area contributed by atoms with E-state index in [0.717, 1.165) is 11.8 Å². The van der Waals surface area contributed by atoms with Crippen LogP contribution in [0.4, 0.5) is 11.6 Å². The molecule has 0 spiro atoms. The molecule has 1 unspecified atom stereocenters. The Morgan fingerprint density at radius 1 is 1.25 bits per heavy atom. The number of rotatable bonds is 8. The third-order valence-electron chi connectivity index (χ3n) is 3.67. The number of carbonyl (C=O) groups is 3. The zero-order valence-corrected chi connectivity index (χ0v) is 16.5. The number of ether oxygens (including phenoxy) is 2. The lowest BCUT2D eigenvalue weighted by Gasteiger charge is -2.16. The molecule has 0 aliphatic heterocycles. The molecule has 150 valence electrons. The van der Waals surface area contributed by atoms with Crippen LogP contribution in [-0.4, -0.2) is 52.1 Å². The molecular formula is C17H21N5O5S. The molecule has 1 aromatic carbocycles. The van der Waals surface area contributed by atoms with E-state index in [-0.39, 0.29) is 24.2 Å². The van der Waals surface area contributed by atoms with Gasteiger partial charge in [-0.25, -0.2) is 4.79 Å². The van der Waals surface area contributed by atoms with E-state index < -0.39 is 18.0 Å². The normalized spacial score (nSPS) is 11.5. The van der Waals surface area contributed by atoms with E-state index in [1.807, 2.05) is 0 Å². The highest BCUT2D eigenvalue weighted by atomic mass is 32.2. The highest BCUT2D eigenvalue weighted by Gasteiger charge is 2.23. The number of aromatic nitrogens is 3. The number of hydrogen-bond acceptors (Lipinski definition) is 9. The van der Waals surface area contributed by atoms with Crippen LogP contribution in [0.15, 0.2) is 29.4 Å². The third-order valence-corrected chi connectivity index (χ3v) is 4.58. The number of nitrogens with one attached hydrogen (secondary N) is 1. The number of anilines is 2. The molecule has 10 nitrogen and oxygen atoms in total. The first-order chi connectivity index (χ1) is 13.4. The van der Waals surface area contributed by atoms with Gasteiger partial charge in [0.2, 0.25) is 11.9 Å². The maximum atomic E-state index is 12.6. The average molecular weight is 407 g/mol. The van der Waals surface area contributed by atoms with Crippen LogP contribution in [0.5, 0.6) is 0 Å². The maximum absolute atomic E-state index is 12.6. The Morgan fingerprint density at radius 2 is 1.93 bits per heavy atom. The van der Waals surface area contributed by atoms with Crippen LogP contribution in [0.2, 0.25) is 0 Å². The minimum Gasteiger partial charge on any atom is -0.468 e. The van der Waals surface area contributed by atoms with Crippen molar-refractivity contribution >= 4 is 41.2 Å². The van der Waals surface area contributed by atoms with Crippen molar-refractivity contribution in [3.63, 3.8) is 0 Å². The third kappa shape index (κ3) is 5.22. The first-order valence-electron chi connectivity index (χ1n) is 8.35. The molecule has 0 bridgehead atoms. The van der Waals surface area contributed by atoms with Crippen LogP contribution in [0.25, 0.3) is 0 Å². The van der Waals surface area contributed by atoms with Gasteiger partial charge in [0.1, 0.15) is 6.04 Å². The quantitative estimate of drug-likeness (QED) is 0.492. The molecule has 0 aliphatic carbocycles. The summed E-state index contributed by atoms with van der Waals surface area (Å²) in [5.74, 6) is -1.17. The fourth-order valence-corrected chi connectivity index (χ4v) is 3.06. The zero-order valence-electron chi connectivity index (χ0n) is 15.7. The van der Waals surface area contributed by atoms with E-state index in [0.29, 0.717) is 16.4 Å². The van der Waals surface area contributed by atoms with Crippen molar-refractivity contribution in [2.45, 2.75) is 25.0 Å². The summed E-state index contributed by atoms with van der Waals surface area (Å²) >= 11 is 1.07. The highest BCUT2D eigenvalue weighted by molar-refractivity contribution is 7.99. The number of nitrogen functional groups attached to an aromatic ring is 1. The van der Waals surface area contributed by atoms with Crippen molar-refractivity contribution in [3.8, 4) is 0 Å². The van der Waals surface area contributed by atoms with Crippen LogP contribution in [0, 0.1) is 0 Å². The second kappa shape index (κ2) is 9.74. The summed E-state index contributed by atoms with van der Waals surface area (Å²) in [5.41, 5.74) is 6.71. The Labute approximate surface area is 165 Å². The number of nitrogens with two attached hydrogens (primary N) is 1. The van der Waals surface area contributed by atoms with Crippen molar-refractivity contribution in [1.82, 2.24) is 14.8 Å². The molecule has 1 amide bonds. The predicted molar refractivity (Wildman–Crippen MR) is 103 cm³/mol. The van der Waals surface area contributed by atoms with Gasteiger partial charge in [0, 0.05) is 5.69 Å². The number of benzene rings is 1. The number of hydrogen-bond donors (Lipinski definition) is 2. The second-order valence-electron chi connectivity index (χ2n) is 5.54. The van der Waals surface area contributed by atoms with Crippen molar-refractivity contribution in [3.05, 3.63) is 29.8 Å². The summed E-state index contributed by atoms with van der Waals surface area (Å²) in [4.78, 5) is 35.6. The number of carbonyl (C=O) groups excluding carboxylic acids is 3. The van der Waals surface area contributed by atoms with E-state index in [1.54, 1.807) is 38.1 Å². The first-order valence-corrected chi connectivity index (χ1v) is 9.34. The summed E-state index contributed by atoms with van der Waals surface area (Å²) in [7, 11) is 1.28. The molecule has 2 rings (SSSR count). The summed E-state index contributed by atoms with van der Waals surface area (Å²) in [5, 5.41) is 10.7. The van der Waals surface area contributed by atoms with E-state index in [9.17, 15) is 14.4 Å². The van der Waals surface area contributed by atoms with Crippen LogP contribution >= 0.6 is 11.8 Å². The Morgan fingerprint density at radius 3 is 2.54 bits per heavy atom. The van der Waals surface area contributed by atoms with E-state index in [1.165, 1.54) is 11.7 Å². The molecule has 3 N–H and O–H groups in total. The van der Waals surface area contributed by atoms with E-state index in [4.69, 9.17) is 10.5 Å². The molecule has 1 heterocycles. The SMILES string of the molecule is CCOC(=O)c1ccc(NC(=O)C(C)n2c(N)nnc2SCC(=O)OC)cc1. The fraction of sp³-hybridized carbons (Fsp3) is 0.353. The average Bonchev–Trinajstić information content (AvgIpc) is 3.06. The standard InChI is InChI=1S/C17H21N5O5S/c1-4-27-15(25)11-5-7-12(8-6-11)19-14(24)10(2)22-16(18)20-21-17(22)28-9-13(23)26-3/h5-8,10H,4,9H2,1-3H3,(H2,18,20)(H,19,24). The minimum absolute atomic E-state index is 0.0122. The molecule has 28 heavy (non-hydrogen) atoms. The molecule has 0 saturated carbocycles. The lowest BCUT2D eigenvalue weighted by Crippen LogP contribution is -2.25. The molecule has 0 saturated heterocycles. The summed E-state index contributed by atoms with van der Waals surface area (Å²) in [6, 6.07) is 5.57. The number of thioether (sulfide) groups is 1. The minimum atomic E-state index is -0.736. The molecule has 1 atom stereocenters. The van der Waals surface area contributed by atoms with Crippen molar-refractivity contribution in [2.75, 3.05) is 30.5 Å². The molecule has 11 heteroatoms. The van der Waals surface area contributed by atoms with Gasteiger partial charge < -0.3 is 20.5 Å². The van der Waals surface area contributed by atoms with Gasteiger partial charge in [-0.05, 0) is 38.1 Å². The predicted octanol–water partition coefficient (Wildman–Crippen LogP) is 1.50. The largest absolute Gasteiger partial charge is 0.468 e. The van der Waals surface area contributed by atoms with Gasteiger partial charge in [-0.15, -0.1) is 10.2 Å². The fourth-order valence-electron chi connectivity index (χ4n) is 2.20. The van der Waals surface area contributed by atoms with Crippen LogP contribution < -0.4 is 11.1 Å². The maximum Gasteiger partial charge on any atom is 0.338 e. The Balaban J connectivity index is 2.07. The van der Waals surface area contributed by atoms with Gasteiger partial charge >= 0.3 is 11.9 Å². The van der Waals surface area contributed by atoms with Gasteiger partial charge in [0.25, 0.3) is 0 Å². The number of methoxy groups -OCH3 is 1. The molecule has 0 radical (unpaired) electrons. The van der Waals surface area contributed by atoms with Gasteiger partial charge in [0.15, 0.2) is 5.16 Å². The van der Waals surface area contributed by atoms with Crippen molar-refractivity contribution < 1.29 is 23.9 Å². The summed E-state index contributed by atoms with van der Waals surface area (Å²) < 4.78 is 10.9. The molecule has 2 aromatic rings. The monoisotopic (exact) mass is 407 g/mol. The first kappa shape index (κ1) is 21.2. The van der Waals surface area contributed by atoms with Crippen LogP contribution in [0.1, 0.15) is 30.2 Å². The van der Waals surface area contributed by atoms with Gasteiger partial charge in [0.05, 0.1) is 25.0 Å². The molecular weight excluding hydrogens is 386 g/mol. The van der Waals surface area contributed by atoms with Crippen molar-refractivity contribution in [1.29, 1.82) is 0 Å². The topological polar surface area (TPSA) is 138 Å². The summed E-state index contributed by atoms with van der Waals surface area (Å²) in [6.07, 6.45) is 0. The molecule has 0 fully saturated rings. The Hall–Kier alpha value is -3.08. The van der Waals surface area contributed by atoms with Crippen molar-refractivity contribution in [2.24, 2.45) is 0 Å².